The lowest BCUT2D eigenvalue weighted by atomic mass is 10.1. The summed E-state index contributed by atoms with van der Waals surface area (Å²) in [7, 11) is 0. The van der Waals surface area contributed by atoms with Crippen LogP contribution in [0.15, 0.2) is 60.7 Å². The summed E-state index contributed by atoms with van der Waals surface area (Å²) < 4.78 is 10.0. The van der Waals surface area contributed by atoms with Gasteiger partial charge in [-0.2, -0.15) is 0 Å². The van der Waals surface area contributed by atoms with Crippen molar-refractivity contribution in [3.05, 3.63) is 77.4 Å². The molecule has 0 unspecified atom stereocenters. The molecule has 0 fully saturated rings. The zero-order valence-electron chi connectivity index (χ0n) is 14.3. The fourth-order valence-corrected chi connectivity index (χ4v) is 1.99. The highest BCUT2D eigenvalue weighted by molar-refractivity contribution is 5.89. The van der Waals surface area contributed by atoms with Crippen LogP contribution in [-0.4, -0.2) is 18.5 Å². The number of ether oxygens (including phenoxy) is 2. The topological polar surface area (TPSA) is 52.6 Å². The molecule has 0 aliphatic rings. The minimum absolute atomic E-state index is 0.353. The van der Waals surface area contributed by atoms with Gasteiger partial charge in [0.2, 0.25) is 0 Å². The first-order chi connectivity index (χ1) is 12.1. The Bertz CT molecular complexity index is 769. The second-order valence-corrected chi connectivity index (χ2v) is 5.32. The Morgan fingerprint density at radius 1 is 0.840 bits per heavy atom. The van der Waals surface area contributed by atoms with Gasteiger partial charge < -0.3 is 9.47 Å². The van der Waals surface area contributed by atoms with Crippen LogP contribution in [-0.2, 0) is 14.3 Å². The molecule has 0 heterocycles. The summed E-state index contributed by atoms with van der Waals surface area (Å²) in [6, 6.07) is 14.7. The Morgan fingerprint density at radius 3 is 1.88 bits per heavy atom. The summed E-state index contributed by atoms with van der Waals surface area (Å²) in [5.41, 5.74) is 2.83. The third kappa shape index (κ3) is 6.47. The molecule has 0 N–H and O–H groups in total. The van der Waals surface area contributed by atoms with E-state index in [1.165, 1.54) is 12.2 Å². The van der Waals surface area contributed by atoms with Crippen molar-refractivity contribution < 1.29 is 19.1 Å². The van der Waals surface area contributed by atoms with Crippen molar-refractivity contribution in [3.8, 4) is 5.75 Å². The van der Waals surface area contributed by atoms with Crippen molar-refractivity contribution in [1.82, 2.24) is 0 Å². The number of hydrogen-bond donors (Lipinski definition) is 0. The van der Waals surface area contributed by atoms with Crippen LogP contribution in [0.3, 0.4) is 0 Å². The van der Waals surface area contributed by atoms with Gasteiger partial charge in [-0.1, -0.05) is 42.0 Å². The van der Waals surface area contributed by atoms with Gasteiger partial charge in [-0.25, -0.2) is 9.59 Å². The maximum Gasteiger partial charge on any atom is 0.336 e. The van der Waals surface area contributed by atoms with Crippen LogP contribution in [0, 0.1) is 6.92 Å². The van der Waals surface area contributed by atoms with Crippen molar-refractivity contribution in [2.75, 3.05) is 6.61 Å². The molecule has 4 heteroatoms. The Labute approximate surface area is 147 Å². The maximum atomic E-state index is 11.8. The van der Waals surface area contributed by atoms with E-state index in [9.17, 15) is 9.59 Å². The summed E-state index contributed by atoms with van der Waals surface area (Å²) in [6.45, 7) is 4.08. The summed E-state index contributed by atoms with van der Waals surface area (Å²) >= 11 is 0. The monoisotopic (exact) mass is 336 g/mol. The molecule has 0 bridgehead atoms. The smallest absolute Gasteiger partial charge is 0.336 e. The summed E-state index contributed by atoms with van der Waals surface area (Å²) in [6.07, 6.45) is 6.11. The number of esters is 2. The summed E-state index contributed by atoms with van der Waals surface area (Å²) in [5, 5.41) is 0. The van der Waals surface area contributed by atoms with Gasteiger partial charge in [-0.15, -0.1) is 0 Å². The standard InChI is InChI=1S/C21H20O4/c1-3-24-20(22)14-10-17-6-8-18(9-7-17)11-15-21(23)25-19-12-4-16(2)5-13-19/h4-15H,3H2,1-2H3/b14-10+,15-11+. The van der Waals surface area contributed by atoms with E-state index in [0.717, 1.165) is 16.7 Å². The predicted molar refractivity (Wildman–Crippen MR) is 98.0 cm³/mol. The van der Waals surface area contributed by atoms with Crippen molar-refractivity contribution in [3.63, 3.8) is 0 Å². The second-order valence-electron chi connectivity index (χ2n) is 5.32. The minimum atomic E-state index is -0.435. The highest BCUT2D eigenvalue weighted by Gasteiger charge is 2.00. The van der Waals surface area contributed by atoms with Crippen LogP contribution in [0.4, 0.5) is 0 Å². The molecule has 0 atom stereocenters. The number of aryl methyl sites for hydroxylation is 1. The molecule has 0 radical (unpaired) electrons. The van der Waals surface area contributed by atoms with Crippen molar-refractivity contribution >= 4 is 24.1 Å². The van der Waals surface area contributed by atoms with E-state index >= 15 is 0 Å². The fraction of sp³-hybridized carbons (Fsp3) is 0.143. The van der Waals surface area contributed by atoms with Crippen LogP contribution < -0.4 is 4.74 Å². The summed E-state index contributed by atoms with van der Waals surface area (Å²) in [5.74, 6) is -0.292. The van der Waals surface area contributed by atoms with Gasteiger partial charge in [-0.3, -0.25) is 0 Å². The molecule has 0 saturated heterocycles. The van der Waals surface area contributed by atoms with E-state index < -0.39 is 5.97 Å². The van der Waals surface area contributed by atoms with E-state index in [4.69, 9.17) is 9.47 Å². The third-order valence-electron chi connectivity index (χ3n) is 3.29. The van der Waals surface area contributed by atoms with E-state index in [1.54, 1.807) is 31.2 Å². The highest BCUT2D eigenvalue weighted by atomic mass is 16.5. The van der Waals surface area contributed by atoms with Gasteiger partial charge in [0.15, 0.2) is 0 Å². The third-order valence-corrected chi connectivity index (χ3v) is 3.29. The number of carbonyl (C=O) groups excluding carboxylic acids is 2. The van der Waals surface area contributed by atoms with Crippen LogP contribution in [0.25, 0.3) is 12.2 Å². The second kappa shape index (κ2) is 9.23. The molecule has 4 nitrogen and oxygen atoms in total. The van der Waals surface area contributed by atoms with E-state index in [1.807, 2.05) is 43.3 Å². The van der Waals surface area contributed by atoms with Gasteiger partial charge in [0, 0.05) is 12.2 Å². The molecule has 2 aromatic rings. The molecule has 2 aromatic carbocycles. The van der Waals surface area contributed by atoms with Crippen LogP contribution in [0.5, 0.6) is 5.75 Å². The Kier molecular flexibility index (Phi) is 6.72. The lowest BCUT2D eigenvalue weighted by Gasteiger charge is -2.01. The Hall–Kier alpha value is -3.14. The molecule has 0 aliphatic carbocycles. The quantitative estimate of drug-likeness (QED) is 0.451. The number of rotatable bonds is 6. The van der Waals surface area contributed by atoms with Gasteiger partial charge in [0.25, 0.3) is 0 Å². The first kappa shape index (κ1) is 18.2. The first-order valence-electron chi connectivity index (χ1n) is 7.98. The first-order valence-corrected chi connectivity index (χ1v) is 7.98. The fourth-order valence-electron chi connectivity index (χ4n) is 1.99. The Morgan fingerprint density at radius 2 is 1.36 bits per heavy atom. The number of benzene rings is 2. The molecular formula is C21H20O4. The summed E-state index contributed by atoms with van der Waals surface area (Å²) in [4.78, 5) is 23.1. The molecule has 25 heavy (non-hydrogen) atoms. The van der Waals surface area contributed by atoms with E-state index in [2.05, 4.69) is 0 Å². The molecule has 2 rings (SSSR count). The molecule has 0 aliphatic heterocycles. The van der Waals surface area contributed by atoms with Gasteiger partial charge in [-0.05, 0) is 49.3 Å². The normalized spacial score (nSPS) is 11.0. The molecular weight excluding hydrogens is 316 g/mol. The van der Waals surface area contributed by atoms with Gasteiger partial charge in [0.05, 0.1) is 6.61 Å². The maximum absolute atomic E-state index is 11.8. The minimum Gasteiger partial charge on any atom is -0.463 e. The van der Waals surface area contributed by atoms with Crippen molar-refractivity contribution in [1.29, 1.82) is 0 Å². The molecule has 0 saturated carbocycles. The lowest BCUT2D eigenvalue weighted by molar-refractivity contribution is -0.137. The van der Waals surface area contributed by atoms with E-state index in [0.29, 0.717) is 12.4 Å². The average Bonchev–Trinajstić information content (AvgIpc) is 2.61. The molecule has 0 aromatic heterocycles. The number of hydrogen-bond acceptors (Lipinski definition) is 4. The SMILES string of the molecule is CCOC(=O)/C=C/c1ccc(/C=C/C(=O)Oc2ccc(C)cc2)cc1. The van der Waals surface area contributed by atoms with Crippen LogP contribution in [0.1, 0.15) is 23.6 Å². The van der Waals surface area contributed by atoms with Crippen LogP contribution >= 0.6 is 0 Å². The largest absolute Gasteiger partial charge is 0.463 e. The lowest BCUT2D eigenvalue weighted by Crippen LogP contribution is -2.03. The zero-order chi connectivity index (χ0) is 18.1. The van der Waals surface area contributed by atoms with E-state index in [-0.39, 0.29) is 5.97 Å². The Balaban J connectivity index is 1.91. The average molecular weight is 336 g/mol. The van der Waals surface area contributed by atoms with Crippen molar-refractivity contribution in [2.24, 2.45) is 0 Å². The molecule has 0 amide bonds. The molecule has 0 spiro atoms. The predicted octanol–water partition coefficient (Wildman–Crippen LogP) is 4.19. The van der Waals surface area contributed by atoms with Crippen molar-refractivity contribution in [2.45, 2.75) is 13.8 Å². The highest BCUT2D eigenvalue weighted by Crippen LogP contribution is 2.12. The van der Waals surface area contributed by atoms with Gasteiger partial charge in [0.1, 0.15) is 5.75 Å². The molecule has 128 valence electrons. The van der Waals surface area contributed by atoms with Crippen LogP contribution in [0.2, 0.25) is 0 Å². The number of carbonyl (C=O) groups is 2. The zero-order valence-corrected chi connectivity index (χ0v) is 14.3. The van der Waals surface area contributed by atoms with Gasteiger partial charge >= 0.3 is 11.9 Å².